The molecule has 0 atom stereocenters. The molecule has 0 aromatic carbocycles. The van der Waals surface area contributed by atoms with Crippen molar-refractivity contribution in [2.75, 3.05) is 13.7 Å². The smallest absolute Gasteiger partial charge is 0.256 e. The highest BCUT2D eigenvalue weighted by molar-refractivity contribution is 7.80. The van der Waals surface area contributed by atoms with Gasteiger partial charge < -0.3 is 10.1 Å². The molecule has 0 heterocycles. The predicted molar refractivity (Wildman–Crippen MR) is 47.1 cm³/mol. The molecule has 0 aliphatic heterocycles. The molecule has 0 aromatic heterocycles. The monoisotopic (exact) mass is 161 g/mol. The highest BCUT2D eigenvalue weighted by Crippen LogP contribution is 1.90. The molecule has 0 aliphatic rings. The molecule has 10 heavy (non-hydrogen) atoms. The minimum atomic E-state index is 0.496. The Balaban J connectivity index is 2.96. The van der Waals surface area contributed by atoms with Gasteiger partial charge in [0, 0.05) is 6.54 Å². The van der Waals surface area contributed by atoms with E-state index in [1.54, 1.807) is 7.11 Å². The van der Waals surface area contributed by atoms with Crippen LogP contribution < -0.4 is 5.32 Å². The zero-order valence-corrected chi connectivity index (χ0v) is 7.46. The van der Waals surface area contributed by atoms with Crippen LogP contribution in [-0.4, -0.2) is 18.8 Å². The SMILES string of the molecule is CCCCCNC(=S)OC. The van der Waals surface area contributed by atoms with Gasteiger partial charge in [0.05, 0.1) is 7.11 Å². The summed E-state index contributed by atoms with van der Waals surface area (Å²) in [5, 5.41) is 3.47. The largest absolute Gasteiger partial charge is 0.474 e. The Hall–Kier alpha value is -0.310. The summed E-state index contributed by atoms with van der Waals surface area (Å²) in [5.74, 6) is 0. The van der Waals surface area contributed by atoms with E-state index in [1.165, 1.54) is 19.3 Å². The van der Waals surface area contributed by atoms with Crippen molar-refractivity contribution in [3.05, 3.63) is 0 Å². The van der Waals surface area contributed by atoms with Crippen molar-refractivity contribution in [3.8, 4) is 0 Å². The second-order valence-corrected chi connectivity index (χ2v) is 2.50. The fraction of sp³-hybridized carbons (Fsp3) is 0.857. The van der Waals surface area contributed by atoms with Gasteiger partial charge in [-0.25, -0.2) is 0 Å². The average molecular weight is 161 g/mol. The molecule has 0 saturated heterocycles. The molecule has 0 radical (unpaired) electrons. The number of thiocarbonyl (C=S) groups is 1. The van der Waals surface area contributed by atoms with Gasteiger partial charge in [-0.05, 0) is 18.6 Å². The summed E-state index contributed by atoms with van der Waals surface area (Å²) in [5.41, 5.74) is 0. The lowest BCUT2D eigenvalue weighted by Crippen LogP contribution is -2.23. The third-order valence-corrected chi connectivity index (χ3v) is 1.55. The van der Waals surface area contributed by atoms with Crippen molar-refractivity contribution in [2.24, 2.45) is 0 Å². The molecule has 0 fully saturated rings. The molecule has 0 spiro atoms. The molecule has 0 unspecified atom stereocenters. The van der Waals surface area contributed by atoms with Gasteiger partial charge in [-0.2, -0.15) is 0 Å². The standard InChI is InChI=1S/C7H15NOS/c1-3-4-5-6-8-7(10)9-2/h3-6H2,1-2H3,(H,8,10). The second-order valence-electron chi connectivity index (χ2n) is 2.13. The summed E-state index contributed by atoms with van der Waals surface area (Å²) in [4.78, 5) is 0. The topological polar surface area (TPSA) is 21.3 Å². The fourth-order valence-corrected chi connectivity index (χ4v) is 0.740. The number of rotatable bonds is 4. The maximum Gasteiger partial charge on any atom is 0.256 e. The normalized spacial score (nSPS) is 9.00. The summed E-state index contributed by atoms with van der Waals surface area (Å²) in [6.45, 7) is 3.11. The highest BCUT2D eigenvalue weighted by Gasteiger charge is 1.90. The quantitative estimate of drug-likeness (QED) is 0.501. The number of nitrogens with one attached hydrogen (secondary N) is 1. The van der Waals surface area contributed by atoms with Gasteiger partial charge in [0.15, 0.2) is 0 Å². The Bertz CT molecular complexity index is 95.6. The number of ether oxygens (including phenoxy) is 1. The molecule has 0 aromatic rings. The first-order valence-electron chi connectivity index (χ1n) is 3.63. The molecule has 0 bridgehead atoms. The van der Waals surface area contributed by atoms with Gasteiger partial charge in [0.2, 0.25) is 0 Å². The van der Waals surface area contributed by atoms with E-state index in [2.05, 4.69) is 12.2 Å². The van der Waals surface area contributed by atoms with Gasteiger partial charge in [-0.3, -0.25) is 0 Å². The lowest BCUT2D eigenvalue weighted by atomic mass is 10.2. The fourth-order valence-electron chi connectivity index (χ4n) is 0.638. The van der Waals surface area contributed by atoms with E-state index in [9.17, 15) is 0 Å². The molecular weight excluding hydrogens is 146 g/mol. The van der Waals surface area contributed by atoms with E-state index in [-0.39, 0.29) is 0 Å². The van der Waals surface area contributed by atoms with Crippen LogP contribution >= 0.6 is 12.2 Å². The Morgan fingerprint density at radius 1 is 1.50 bits per heavy atom. The maximum atomic E-state index is 4.77. The van der Waals surface area contributed by atoms with Crippen LogP contribution in [0.4, 0.5) is 0 Å². The third-order valence-electron chi connectivity index (χ3n) is 1.24. The number of unbranched alkanes of at least 4 members (excludes halogenated alkanes) is 2. The Morgan fingerprint density at radius 3 is 2.70 bits per heavy atom. The Kier molecular flexibility index (Phi) is 6.59. The van der Waals surface area contributed by atoms with Crippen molar-refractivity contribution in [1.82, 2.24) is 5.32 Å². The minimum Gasteiger partial charge on any atom is -0.474 e. The van der Waals surface area contributed by atoms with E-state index in [1.807, 2.05) is 0 Å². The van der Waals surface area contributed by atoms with Gasteiger partial charge >= 0.3 is 0 Å². The van der Waals surface area contributed by atoms with Crippen molar-refractivity contribution >= 4 is 17.4 Å². The molecule has 0 amide bonds. The molecule has 60 valence electrons. The zero-order valence-electron chi connectivity index (χ0n) is 6.64. The van der Waals surface area contributed by atoms with Crippen LogP contribution in [0.2, 0.25) is 0 Å². The Labute approximate surface area is 68.0 Å². The summed E-state index contributed by atoms with van der Waals surface area (Å²) >= 11 is 4.77. The van der Waals surface area contributed by atoms with Crippen molar-refractivity contribution in [2.45, 2.75) is 26.2 Å². The van der Waals surface area contributed by atoms with Gasteiger partial charge in [0.25, 0.3) is 5.17 Å². The number of hydrogen-bond acceptors (Lipinski definition) is 2. The van der Waals surface area contributed by atoms with Crippen LogP contribution in [0.3, 0.4) is 0 Å². The predicted octanol–water partition coefficient (Wildman–Crippen LogP) is 1.70. The molecule has 2 nitrogen and oxygen atoms in total. The van der Waals surface area contributed by atoms with Crippen LogP contribution in [0.1, 0.15) is 26.2 Å². The summed E-state index contributed by atoms with van der Waals surface area (Å²) < 4.78 is 4.75. The van der Waals surface area contributed by atoms with Crippen molar-refractivity contribution in [3.63, 3.8) is 0 Å². The average Bonchev–Trinajstić information content (AvgIpc) is 1.98. The molecule has 0 aliphatic carbocycles. The lowest BCUT2D eigenvalue weighted by molar-refractivity contribution is 0.392. The van der Waals surface area contributed by atoms with Crippen molar-refractivity contribution in [1.29, 1.82) is 0 Å². The molecule has 0 saturated carbocycles. The van der Waals surface area contributed by atoms with Crippen LogP contribution in [0.5, 0.6) is 0 Å². The first kappa shape index (κ1) is 9.69. The van der Waals surface area contributed by atoms with Crippen LogP contribution in [0.25, 0.3) is 0 Å². The molecule has 3 heteroatoms. The van der Waals surface area contributed by atoms with E-state index in [4.69, 9.17) is 17.0 Å². The van der Waals surface area contributed by atoms with Crippen molar-refractivity contribution < 1.29 is 4.74 Å². The van der Waals surface area contributed by atoms with E-state index < -0.39 is 0 Å². The zero-order chi connectivity index (χ0) is 7.82. The second kappa shape index (κ2) is 6.81. The van der Waals surface area contributed by atoms with Gasteiger partial charge in [-0.1, -0.05) is 19.8 Å². The van der Waals surface area contributed by atoms with E-state index in [0.29, 0.717) is 5.17 Å². The van der Waals surface area contributed by atoms with E-state index >= 15 is 0 Å². The molecular formula is C7H15NOS. The Morgan fingerprint density at radius 2 is 2.20 bits per heavy atom. The van der Waals surface area contributed by atoms with E-state index in [0.717, 1.165) is 6.54 Å². The van der Waals surface area contributed by atoms with Crippen LogP contribution in [-0.2, 0) is 4.74 Å². The van der Waals surface area contributed by atoms with Crippen LogP contribution in [0, 0.1) is 0 Å². The highest BCUT2D eigenvalue weighted by atomic mass is 32.1. The minimum absolute atomic E-state index is 0.496. The van der Waals surface area contributed by atoms with Gasteiger partial charge in [-0.15, -0.1) is 0 Å². The number of methoxy groups -OCH3 is 1. The molecule has 0 rings (SSSR count). The lowest BCUT2D eigenvalue weighted by Gasteiger charge is -2.04. The maximum absolute atomic E-state index is 4.77. The first-order chi connectivity index (χ1) is 4.81. The summed E-state index contributed by atoms with van der Waals surface area (Å²) in [6, 6.07) is 0. The summed E-state index contributed by atoms with van der Waals surface area (Å²) in [7, 11) is 1.58. The van der Waals surface area contributed by atoms with Crippen LogP contribution in [0.15, 0.2) is 0 Å². The first-order valence-corrected chi connectivity index (χ1v) is 4.04. The molecule has 1 N–H and O–H groups in total. The van der Waals surface area contributed by atoms with Gasteiger partial charge in [0.1, 0.15) is 0 Å². The number of hydrogen-bond donors (Lipinski definition) is 1. The third kappa shape index (κ3) is 5.82. The summed E-state index contributed by atoms with van der Waals surface area (Å²) in [6.07, 6.45) is 3.65.